The minimum absolute atomic E-state index is 0.0263. The van der Waals surface area contributed by atoms with E-state index in [1.165, 1.54) is 7.05 Å². The summed E-state index contributed by atoms with van der Waals surface area (Å²) in [6.45, 7) is 0. The molecule has 0 radical (unpaired) electrons. The molecule has 0 fully saturated rings. The molecule has 12 nitrogen and oxygen atoms in total. The lowest BCUT2D eigenvalue weighted by atomic mass is 9.99. The van der Waals surface area contributed by atoms with Crippen LogP contribution in [0.5, 0.6) is 0 Å². The number of carboxylic acid groups (broad SMARTS) is 1. The Kier molecular flexibility index (Phi) is 11.6. The highest BCUT2D eigenvalue weighted by molar-refractivity contribution is 5.96. The average molecular weight is 677 g/mol. The van der Waals surface area contributed by atoms with Crippen LogP contribution in [0.25, 0.3) is 21.7 Å². The molecule has 0 aliphatic heterocycles. The highest BCUT2D eigenvalue weighted by Crippen LogP contribution is 2.20. The summed E-state index contributed by atoms with van der Waals surface area (Å²) >= 11 is 0. The highest BCUT2D eigenvalue weighted by atomic mass is 16.4. The van der Waals surface area contributed by atoms with Gasteiger partial charge in [0.05, 0.1) is 12.5 Å². The number of H-pyrrole nitrogens is 1. The number of carboxylic acids is 1. The predicted molar refractivity (Wildman–Crippen MR) is 190 cm³/mol. The second kappa shape index (κ2) is 16.4. The smallest absolute Gasteiger partial charge is 0.305 e. The van der Waals surface area contributed by atoms with E-state index in [4.69, 9.17) is 5.73 Å². The highest BCUT2D eigenvalue weighted by Gasteiger charge is 2.32. The number of likely N-dealkylation sites (N-methyl/N-ethyl adjacent to an activating group) is 1. The lowest BCUT2D eigenvalue weighted by Crippen LogP contribution is -2.58. The Labute approximate surface area is 288 Å². The molecular weight excluding hydrogens is 636 g/mol. The summed E-state index contributed by atoms with van der Waals surface area (Å²) in [6, 6.07) is 25.1. The van der Waals surface area contributed by atoms with Gasteiger partial charge < -0.3 is 37.1 Å². The molecule has 5 aromatic rings. The summed E-state index contributed by atoms with van der Waals surface area (Å²) in [7, 11) is 1.42. The first kappa shape index (κ1) is 35.3. The molecule has 1 aromatic heterocycles. The third kappa shape index (κ3) is 9.11. The van der Waals surface area contributed by atoms with Crippen molar-refractivity contribution in [2.75, 3.05) is 7.05 Å². The number of nitrogens with two attached hydrogens (primary N) is 1. The van der Waals surface area contributed by atoms with Crippen LogP contribution in [-0.4, -0.2) is 70.9 Å². The van der Waals surface area contributed by atoms with Crippen molar-refractivity contribution in [3.8, 4) is 0 Å². The Morgan fingerprint density at radius 1 is 0.660 bits per heavy atom. The van der Waals surface area contributed by atoms with Gasteiger partial charge in [0.1, 0.15) is 18.1 Å². The Hall–Kier alpha value is -6.01. The topological polar surface area (TPSA) is 196 Å². The molecule has 5 rings (SSSR count). The summed E-state index contributed by atoms with van der Waals surface area (Å²) in [4.78, 5) is 68.6. The number of benzene rings is 4. The molecule has 0 aliphatic rings. The van der Waals surface area contributed by atoms with Crippen LogP contribution in [0, 0.1) is 0 Å². The van der Waals surface area contributed by atoms with Gasteiger partial charge >= 0.3 is 5.97 Å². The first-order chi connectivity index (χ1) is 24.1. The van der Waals surface area contributed by atoms with Gasteiger partial charge in [0.25, 0.3) is 0 Å². The zero-order valence-corrected chi connectivity index (χ0v) is 27.5. The van der Waals surface area contributed by atoms with Gasteiger partial charge in [-0.25, -0.2) is 0 Å². The molecule has 8 N–H and O–H groups in total. The molecule has 50 heavy (non-hydrogen) atoms. The molecule has 0 aliphatic carbocycles. The first-order valence-electron chi connectivity index (χ1n) is 16.3. The van der Waals surface area contributed by atoms with Crippen molar-refractivity contribution in [2.45, 2.75) is 49.9 Å². The summed E-state index contributed by atoms with van der Waals surface area (Å²) in [5.41, 5.74) is 9.57. The molecule has 0 saturated carbocycles. The van der Waals surface area contributed by atoms with Gasteiger partial charge in [0.15, 0.2) is 0 Å². The van der Waals surface area contributed by atoms with Gasteiger partial charge in [-0.2, -0.15) is 0 Å². The lowest BCUT2D eigenvalue weighted by Gasteiger charge is -2.25. The molecule has 0 bridgehead atoms. The SMILES string of the molecule is CNC(=O)[C@H](Cc1ccccc1)NC(=O)[C@H](CC(=O)O)NC(=O)[C@H](Cc1ccc2ccccc2c1)NC(=O)[C@@H](N)Cc1c[nH]c2ccccc12. The lowest BCUT2D eigenvalue weighted by molar-refractivity contribution is -0.141. The van der Waals surface area contributed by atoms with Crippen LogP contribution in [0.2, 0.25) is 0 Å². The minimum atomic E-state index is -1.56. The number of hydrogen-bond donors (Lipinski definition) is 7. The number of rotatable bonds is 15. The van der Waals surface area contributed by atoms with E-state index in [0.29, 0.717) is 0 Å². The van der Waals surface area contributed by atoms with Crippen molar-refractivity contribution < 1.29 is 29.1 Å². The Morgan fingerprint density at radius 2 is 1.26 bits per heavy atom. The maximum absolute atomic E-state index is 13.9. The average Bonchev–Trinajstić information content (AvgIpc) is 3.52. The second-order valence-corrected chi connectivity index (χ2v) is 12.1. The minimum Gasteiger partial charge on any atom is -0.481 e. The fourth-order valence-corrected chi connectivity index (χ4v) is 5.88. The molecule has 12 heteroatoms. The number of amides is 4. The van der Waals surface area contributed by atoms with Crippen molar-refractivity contribution in [1.29, 1.82) is 0 Å². The number of hydrogen-bond acceptors (Lipinski definition) is 6. The fraction of sp³-hybridized carbons (Fsp3) is 0.237. The molecular formula is C38H40N6O6. The van der Waals surface area contributed by atoms with E-state index < -0.39 is 60.2 Å². The fourth-order valence-electron chi connectivity index (χ4n) is 5.88. The molecule has 0 unspecified atom stereocenters. The van der Waals surface area contributed by atoms with Crippen molar-refractivity contribution in [3.05, 3.63) is 120 Å². The molecule has 4 aromatic carbocycles. The van der Waals surface area contributed by atoms with Crippen molar-refractivity contribution >= 4 is 51.3 Å². The number of fused-ring (bicyclic) bond motifs is 2. The third-order valence-corrected chi connectivity index (χ3v) is 8.51. The van der Waals surface area contributed by atoms with Crippen molar-refractivity contribution in [1.82, 2.24) is 26.3 Å². The number of aliphatic carboxylic acids is 1. The van der Waals surface area contributed by atoms with E-state index in [-0.39, 0.29) is 19.3 Å². The Bertz CT molecular complexity index is 1990. The zero-order chi connectivity index (χ0) is 35.6. The number of aromatic amines is 1. The molecule has 1 heterocycles. The zero-order valence-electron chi connectivity index (χ0n) is 27.5. The van der Waals surface area contributed by atoms with Crippen LogP contribution in [-0.2, 0) is 43.2 Å². The van der Waals surface area contributed by atoms with Gasteiger partial charge in [0, 0.05) is 37.0 Å². The van der Waals surface area contributed by atoms with Gasteiger partial charge in [-0.05, 0) is 39.9 Å². The van der Waals surface area contributed by atoms with Crippen LogP contribution in [0.15, 0.2) is 103 Å². The molecule has 4 atom stereocenters. The quantitative estimate of drug-likeness (QED) is 0.0884. The summed E-state index contributed by atoms with van der Waals surface area (Å²) in [5, 5.41) is 22.9. The first-order valence-corrected chi connectivity index (χ1v) is 16.3. The van der Waals surface area contributed by atoms with Crippen LogP contribution in [0.3, 0.4) is 0 Å². The van der Waals surface area contributed by atoms with E-state index in [0.717, 1.165) is 38.4 Å². The van der Waals surface area contributed by atoms with Gasteiger partial charge in [-0.3, -0.25) is 24.0 Å². The van der Waals surface area contributed by atoms with Crippen LogP contribution in [0.1, 0.15) is 23.1 Å². The van der Waals surface area contributed by atoms with Crippen LogP contribution < -0.4 is 27.0 Å². The van der Waals surface area contributed by atoms with Gasteiger partial charge in [-0.15, -0.1) is 0 Å². The predicted octanol–water partition coefficient (Wildman–Crippen LogP) is 2.35. The van der Waals surface area contributed by atoms with Crippen molar-refractivity contribution in [3.63, 3.8) is 0 Å². The normalized spacial score (nSPS) is 13.5. The molecule has 258 valence electrons. The third-order valence-electron chi connectivity index (χ3n) is 8.51. The van der Waals surface area contributed by atoms with E-state index in [1.54, 1.807) is 30.5 Å². The maximum atomic E-state index is 13.9. The molecule has 0 saturated heterocycles. The largest absolute Gasteiger partial charge is 0.481 e. The molecule has 0 spiro atoms. The van der Waals surface area contributed by atoms with E-state index in [9.17, 15) is 29.1 Å². The van der Waals surface area contributed by atoms with E-state index in [1.807, 2.05) is 72.8 Å². The second-order valence-electron chi connectivity index (χ2n) is 12.1. The summed E-state index contributed by atoms with van der Waals surface area (Å²) in [6.07, 6.45) is 1.37. The molecule has 4 amide bonds. The number of aromatic nitrogens is 1. The van der Waals surface area contributed by atoms with E-state index in [2.05, 4.69) is 26.3 Å². The van der Waals surface area contributed by atoms with Crippen LogP contribution in [0.4, 0.5) is 0 Å². The van der Waals surface area contributed by atoms with Gasteiger partial charge in [0.2, 0.25) is 23.6 Å². The van der Waals surface area contributed by atoms with Crippen molar-refractivity contribution in [2.24, 2.45) is 5.73 Å². The maximum Gasteiger partial charge on any atom is 0.305 e. The number of carbonyl (C=O) groups excluding carboxylic acids is 4. The number of para-hydroxylation sites is 1. The van der Waals surface area contributed by atoms with Crippen LogP contribution >= 0.6 is 0 Å². The summed E-state index contributed by atoms with van der Waals surface area (Å²) in [5.74, 6) is -4.09. The number of nitrogens with one attached hydrogen (secondary N) is 5. The van der Waals surface area contributed by atoms with Gasteiger partial charge in [-0.1, -0.05) is 91.0 Å². The summed E-state index contributed by atoms with van der Waals surface area (Å²) < 4.78 is 0. The number of carbonyl (C=O) groups is 5. The standard InChI is InChI=1S/C38H40N6O6/c1-40-36(48)31(18-23-9-3-2-4-10-23)43-38(50)33(21-34(45)46)44-37(49)32(19-24-15-16-25-11-5-6-12-26(25)17-24)42-35(47)29(39)20-27-22-41-30-14-8-7-13-28(27)30/h2-17,22,29,31-33,41H,18-21,39H2,1H3,(H,40,48)(H,42,47)(H,43,50)(H,44,49)(H,45,46)/t29-,31-,32-,33-/m0/s1. The monoisotopic (exact) mass is 676 g/mol. The van der Waals surface area contributed by atoms with E-state index >= 15 is 0 Å². The Morgan fingerprint density at radius 3 is 2.00 bits per heavy atom. The Balaban J connectivity index is 1.36.